The molecule has 0 saturated carbocycles. The highest BCUT2D eigenvalue weighted by Gasteiger charge is 2.12. The predicted molar refractivity (Wildman–Crippen MR) is 119 cm³/mol. The van der Waals surface area contributed by atoms with Crippen LogP contribution in [0.4, 0.5) is 5.69 Å². The molecule has 3 heterocycles. The van der Waals surface area contributed by atoms with Crippen molar-refractivity contribution in [1.29, 1.82) is 0 Å². The van der Waals surface area contributed by atoms with Gasteiger partial charge >= 0.3 is 0 Å². The van der Waals surface area contributed by atoms with Gasteiger partial charge in [-0.15, -0.1) is 0 Å². The maximum absolute atomic E-state index is 12.5. The third-order valence-corrected chi connectivity index (χ3v) is 5.15. The lowest BCUT2D eigenvalue weighted by Gasteiger charge is -2.08. The molecular formula is C20H19BrClN7O2. The van der Waals surface area contributed by atoms with Gasteiger partial charge in [-0.25, -0.2) is 4.68 Å². The van der Waals surface area contributed by atoms with Crippen LogP contribution in [0.5, 0.6) is 5.75 Å². The maximum Gasteiger partial charge on any atom is 0.276 e. The first kappa shape index (κ1) is 21.1. The second-order valence-electron chi connectivity index (χ2n) is 6.67. The largest absolute Gasteiger partial charge is 0.470 e. The maximum atomic E-state index is 12.5. The van der Waals surface area contributed by atoms with Gasteiger partial charge in [0.05, 0.1) is 29.6 Å². The number of hydrogen-bond donors (Lipinski definition) is 1. The van der Waals surface area contributed by atoms with Gasteiger partial charge in [-0.1, -0.05) is 27.5 Å². The van der Waals surface area contributed by atoms with E-state index in [-0.39, 0.29) is 18.3 Å². The molecule has 1 amide bonds. The van der Waals surface area contributed by atoms with Gasteiger partial charge in [0, 0.05) is 35.2 Å². The number of amides is 1. The van der Waals surface area contributed by atoms with E-state index in [1.807, 2.05) is 23.9 Å². The summed E-state index contributed by atoms with van der Waals surface area (Å²) in [6.45, 7) is 3.54. The topological polar surface area (TPSA) is 91.8 Å². The van der Waals surface area contributed by atoms with Crippen molar-refractivity contribution in [1.82, 2.24) is 29.3 Å². The molecule has 9 nitrogen and oxygen atoms in total. The zero-order valence-electron chi connectivity index (χ0n) is 16.6. The van der Waals surface area contributed by atoms with Crippen LogP contribution < -0.4 is 10.1 Å². The van der Waals surface area contributed by atoms with Crippen LogP contribution in [-0.2, 0) is 19.8 Å². The van der Waals surface area contributed by atoms with Crippen LogP contribution in [0, 0.1) is 0 Å². The Balaban J connectivity index is 1.33. The van der Waals surface area contributed by atoms with Crippen LogP contribution in [0.25, 0.3) is 0 Å². The van der Waals surface area contributed by atoms with Crippen molar-refractivity contribution >= 4 is 39.1 Å². The SMILES string of the molecule is CCn1cc(Cn2cc(NC(=O)c3ccn(COc4ccc(Br)cc4Cl)n3)cn2)cn1. The lowest BCUT2D eigenvalue weighted by molar-refractivity contribution is 0.102. The molecule has 31 heavy (non-hydrogen) atoms. The molecule has 4 rings (SSSR count). The van der Waals surface area contributed by atoms with Gasteiger partial charge in [0.2, 0.25) is 0 Å². The molecule has 0 radical (unpaired) electrons. The van der Waals surface area contributed by atoms with E-state index in [0.29, 0.717) is 23.0 Å². The number of ether oxygens (including phenoxy) is 1. The second kappa shape index (κ2) is 9.36. The molecule has 0 aliphatic rings. The van der Waals surface area contributed by atoms with Crippen molar-refractivity contribution in [2.45, 2.75) is 26.7 Å². The summed E-state index contributed by atoms with van der Waals surface area (Å²) in [5.41, 5.74) is 1.88. The fourth-order valence-electron chi connectivity index (χ4n) is 2.84. The van der Waals surface area contributed by atoms with Crippen molar-refractivity contribution in [3.05, 3.63) is 76.0 Å². The summed E-state index contributed by atoms with van der Waals surface area (Å²) < 4.78 is 11.6. The minimum atomic E-state index is -0.334. The minimum absolute atomic E-state index is 0.123. The Morgan fingerprint density at radius 2 is 2.00 bits per heavy atom. The average Bonchev–Trinajstić information content (AvgIpc) is 3.49. The molecule has 0 atom stereocenters. The molecule has 0 bridgehead atoms. The predicted octanol–water partition coefficient (Wildman–Crippen LogP) is 4.05. The molecule has 4 aromatic rings. The molecule has 160 valence electrons. The Morgan fingerprint density at radius 1 is 1.16 bits per heavy atom. The van der Waals surface area contributed by atoms with Crippen LogP contribution >= 0.6 is 27.5 Å². The number of hydrogen-bond acceptors (Lipinski definition) is 5. The Morgan fingerprint density at radius 3 is 2.77 bits per heavy atom. The molecule has 11 heteroatoms. The van der Waals surface area contributed by atoms with Crippen LogP contribution in [0.15, 0.2) is 59.7 Å². The first-order chi connectivity index (χ1) is 15.0. The number of aromatic nitrogens is 6. The van der Waals surface area contributed by atoms with E-state index in [0.717, 1.165) is 16.6 Å². The third-order valence-electron chi connectivity index (χ3n) is 4.37. The van der Waals surface area contributed by atoms with Crippen molar-refractivity contribution in [3.8, 4) is 5.75 Å². The fourth-order valence-corrected chi connectivity index (χ4v) is 3.57. The lowest BCUT2D eigenvalue weighted by atomic mass is 10.3. The number of carbonyl (C=O) groups excluding carboxylic acids is 1. The molecule has 0 saturated heterocycles. The highest BCUT2D eigenvalue weighted by atomic mass is 79.9. The normalized spacial score (nSPS) is 10.9. The smallest absolute Gasteiger partial charge is 0.276 e. The van der Waals surface area contributed by atoms with Crippen molar-refractivity contribution < 1.29 is 9.53 Å². The number of benzene rings is 1. The van der Waals surface area contributed by atoms with Crippen LogP contribution in [0.2, 0.25) is 5.02 Å². The van der Waals surface area contributed by atoms with E-state index in [1.165, 1.54) is 4.68 Å². The Labute approximate surface area is 191 Å². The van der Waals surface area contributed by atoms with E-state index < -0.39 is 0 Å². The highest BCUT2D eigenvalue weighted by Crippen LogP contribution is 2.27. The van der Waals surface area contributed by atoms with E-state index in [9.17, 15) is 4.79 Å². The average molecular weight is 505 g/mol. The van der Waals surface area contributed by atoms with E-state index in [2.05, 4.69) is 36.5 Å². The summed E-state index contributed by atoms with van der Waals surface area (Å²) in [6.07, 6.45) is 8.79. The number of nitrogens with one attached hydrogen (secondary N) is 1. The Kier molecular flexibility index (Phi) is 6.38. The van der Waals surface area contributed by atoms with Gasteiger partial charge in [0.25, 0.3) is 5.91 Å². The summed E-state index contributed by atoms with van der Waals surface area (Å²) in [4.78, 5) is 12.5. The van der Waals surface area contributed by atoms with Crippen LogP contribution in [-0.4, -0.2) is 35.2 Å². The molecule has 3 aromatic heterocycles. The summed E-state index contributed by atoms with van der Waals surface area (Å²) in [6, 6.07) is 6.95. The molecule has 0 fully saturated rings. The molecule has 0 spiro atoms. The monoisotopic (exact) mass is 503 g/mol. The lowest BCUT2D eigenvalue weighted by Crippen LogP contribution is -2.14. The molecular weight excluding hydrogens is 486 g/mol. The van der Waals surface area contributed by atoms with Crippen molar-refractivity contribution in [3.63, 3.8) is 0 Å². The summed E-state index contributed by atoms with van der Waals surface area (Å²) >= 11 is 9.49. The number of rotatable bonds is 8. The summed E-state index contributed by atoms with van der Waals surface area (Å²) in [7, 11) is 0. The number of halogens is 2. The number of carbonyl (C=O) groups is 1. The molecule has 0 aliphatic carbocycles. The summed E-state index contributed by atoms with van der Waals surface area (Å²) in [5.74, 6) is 0.196. The first-order valence-corrected chi connectivity index (χ1v) is 10.6. The number of aryl methyl sites for hydroxylation is 1. The van der Waals surface area contributed by atoms with Gasteiger partial charge in [-0.3, -0.25) is 14.2 Å². The molecule has 0 unspecified atom stereocenters. The Hall–Kier alpha value is -3.11. The van der Waals surface area contributed by atoms with Gasteiger partial charge in [-0.05, 0) is 31.2 Å². The zero-order chi connectivity index (χ0) is 21.8. The van der Waals surface area contributed by atoms with Gasteiger partial charge in [0.15, 0.2) is 12.4 Å². The first-order valence-electron chi connectivity index (χ1n) is 9.46. The van der Waals surface area contributed by atoms with Gasteiger partial charge in [-0.2, -0.15) is 15.3 Å². The second-order valence-corrected chi connectivity index (χ2v) is 8.00. The van der Waals surface area contributed by atoms with Crippen LogP contribution in [0.1, 0.15) is 23.0 Å². The molecule has 1 N–H and O–H groups in total. The number of nitrogens with zero attached hydrogens (tertiary/aromatic N) is 6. The summed E-state index contributed by atoms with van der Waals surface area (Å²) in [5, 5.41) is 16.1. The Bertz CT molecular complexity index is 1200. The van der Waals surface area contributed by atoms with E-state index in [4.69, 9.17) is 16.3 Å². The molecule has 1 aromatic carbocycles. The highest BCUT2D eigenvalue weighted by molar-refractivity contribution is 9.10. The minimum Gasteiger partial charge on any atom is -0.470 e. The quantitative estimate of drug-likeness (QED) is 0.391. The van der Waals surface area contributed by atoms with Gasteiger partial charge in [0.1, 0.15) is 5.75 Å². The van der Waals surface area contributed by atoms with Gasteiger partial charge < -0.3 is 10.1 Å². The third kappa shape index (κ3) is 5.33. The van der Waals surface area contributed by atoms with E-state index >= 15 is 0 Å². The fraction of sp³-hybridized carbons (Fsp3) is 0.200. The zero-order valence-corrected chi connectivity index (χ0v) is 18.9. The number of anilines is 1. The standard InChI is InChI=1S/C20H19BrClN7O2/c1-2-27-10-14(8-23-27)11-29-12-16(9-24-29)25-20(30)18-5-6-28(26-18)13-31-19-4-3-15(21)7-17(19)22/h3-10,12H,2,11,13H2,1H3,(H,25,30). The van der Waals surface area contributed by atoms with Crippen molar-refractivity contribution in [2.24, 2.45) is 0 Å². The van der Waals surface area contributed by atoms with Crippen molar-refractivity contribution in [2.75, 3.05) is 5.32 Å². The van der Waals surface area contributed by atoms with Crippen LogP contribution in [0.3, 0.4) is 0 Å². The van der Waals surface area contributed by atoms with E-state index in [1.54, 1.807) is 47.7 Å². The molecule has 0 aliphatic heterocycles.